The zero-order chi connectivity index (χ0) is 94.5. The first-order valence-corrected chi connectivity index (χ1v) is 52.5. The molecule has 1 unspecified atom stereocenters. The Morgan fingerprint density at radius 3 is 0.871 bits per heavy atom. The number of piperidine rings is 11. The Morgan fingerprint density at radius 1 is 0.250 bits per heavy atom. The fraction of sp³-hybridized carbons (Fsp3) is 0.719. The highest BCUT2D eigenvalue weighted by atomic mass is 19.1. The Balaban J connectivity index is 0.000000135. The van der Waals surface area contributed by atoms with Crippen LogP contribution in [0.5, 0.6) is 0 Å². The lowest BCUT2D eigenvalue weighted by atomic mass is 9.61. The maximum atomic E-state index is 13.4. The minimum absolute atomic E-state index is 0.0696. The Kier molecular flexibility index (Phi) is 34.3. The molecular weight excluding hydrogens is 1630 g/mol. The molecule has 1 saturated carbocycles. The lowest BCUT2D eigenvalue weighted by Gasteiger charge is -2.54. The van der Waals surface area contributed by atoms with Crippen molar-refractivity contribution >= 4 is 22.7 Å². The molecule has 4 aromatic heterocycles. The van der Waals surface area contributed by atoms with E-state index in [2.05, 4.69) is 266 Å². The van der Waals surface area contributed by atoms with E-state index in [1.807, 2.05) is 73.8 Å². The summed E-state index contributed by atoms with van der Waals surface area (Å²) in [7, 11) is 4.37. The second-order valence-electron chi connectivity index (χ2n) is 49.7. The highest BCUT2D eigenvalue weighted by molar-refractivity contribution is 5.49. The minimum atomic E-state index is -0.146. The maximum Gasteiger partial charge on any atom is 0.123 e. The smallest absolute Gasteiger partial charge is 0.123 e. The molecule has 18 heteroatoms. The van der Waals surface area contributed by atoms with Gasteiger partial charge in [-0.1, -0.05) is 12.1 Å². The van der Waals surface area contributed by atoms with Gasteiger partial charge in [0.2, 0.25) is 0 Å². The fourth-order valence-electron chi connectivity index (χ4n) is 25.3. The molecule has 18 rings (SSSR count). The molecule has 1 aliphatic carbocycles. The summed E-state index contributed by atoms with van der Waals surface area (Å²) >= 11 is 0. The second kappa shape index (κ2) is 43.9. The van der Waals surface area contributed by atoms with Gasteiger partial charge in [-0.3, -0.25) is 59.1 Å². The summed E-state index contributed by atoms with van der Waals surface area (Å²) in [5, 5.41) is 0. The third kappa shape index (κ3) is 27.6. The van der Waals surface area contributed by atoms with Gasteiger partial charge in [0.15, 0.2) is 0 Å². The van der Waals surface area contributed by atoms with Crippen LogP contribution in [-0.4, -0.2) is 250 Å². The Hall–Kier alpha value is -6.22. The number of anilines is 4. The van der Waals surface area contributed by atoms with Crippen molar-refractivity contribution < 1.29 is 8.78 Å². The second-order valence-corrected chi connectivity index (χ2v) is 49.7. The maximum absolute atomic E-state index is 13.4. The van der Waals surface area contributed by atoms with Crippen LogP contribution in [0.15, 0.2) is 147 Å². The summed E-state index contributed by atoms with van der Waals surface area (Å²) < 4.78 is 26.4. The van der Waals surface area contributed by atoms with Gasteiger partial charge in [0.05, 0.1) is 0 Å². The third-order valence-corrected chi connectivity index (χ3v) is 35.0. The van der Waals surface area contributed by atoms with Gasteiger partial charge in [0.1, 0.15) is 11.6 Å². The normalized spacial score (nSPS) is 24.3. The van der Waals surface area contributed by atoms with Crippen LogP contribution in [0.2, 0.25) is 0 Å². The molecule has 732 valence electrons. The molecule has 16 nitrogen and oxygen atoms in total. The van der Waals surface area contributed by atoms with Crippen LogP contribution in [0.25, 0.3) is 0 Å². The number of hydrogen-bond donors (Lipinski definition) is 0. The number of halogens is 2. The van der Waals surface area contributed by atoms with Crippen LogP contribution in [0.1, 0.15) is 303 Å². The van der Waals surface area contributed by atoms with Gasteiger partial charge < -0.3 is 19.6 Å². The summed E-state index contributed by atoms with van der Waals surface area (Å²) in [5.74, 6) is -0.286. The van der Waals surface area contributed by atoms with E-state index in [1.54, 1.807) is 24.3 Å². The summed E-state index contributed by atoms with van der Waals surface area (Å²) in [5.41, 5.74) is 13.1. The molecule has 0 amide bonds. The van der Waals surface area contributed by atoms with Gasteiger partial charge >= 0.3 is 0 Å². The van der Waals surface area contributed by atoms with Gasteiger partial charge in [0, 0.05) is 189 Å². The number of likely N-dealkylation sites (tertiary alicyclic amines) is 7. The van der Waals surface area contributed by atoms with E-state index in [0.29, 0.717) is 60.2 Å². The van der Waals surface area contributed by atoms with Gasteiger partial charge in [-0.2, -0.15) is 0 Å². The number of aromatic nitrogens is 4. The third-order valence-electron chi connectivity index (χ3n) is 35.0. The van der Waals surface area contributed by atoms with Gasteiger partial charge in [-0.15, -0.1) is 0 Å². The average Bonchev–Trinajstić information content (AvgIpc) is 0.752. The first-order chi connectivity index (χ1) is 62.5. The van der Waals surface area contributed by atoms with E-state index in [4.69, 9.17) is 0 Å². The first kappa shape index (κ1) is 103. The van der Waals surface area contributed by atoms with Crippen molar-refractivity contribution in [2.24, 2.45) is 32.5 Å². The molecular formula is C114H182F2N16. The van der Waals surface area contributed by atoms with Crippen LogP contribution in [0.4, 0.5) is 31.5 Å². The van der Waals surface area contributed by atoms with E-state index >= 15 is 0 Å². The highest BCUT2D eigenvalue weighted by Crippen LogP contribution is 2.54. The van der Waals surface area contributed by atoms with Crippen molar-refractivity contribution in [3.63, 3.8) is 0 Å². The first-order valence-electron chi connectivity index (χ1n) is 52.5. The van der Waals surface area contributed by atoms with Crippen LogP contribution in [0, 0.1) is 44.1 Å². The number of benzene rings is 2. The van der Waals surface area contributed by atoms with Crippen LogP contribution >= 0.6 is 0 Å². The zero-order valence-corrected chi connectivity index (χ0v) is 86.9. The molecule has 0 radical (unpaired) electrons. The Labute approximate surface area is 802 Å². The molecule has 12 fully saturated rings. The lowest BCUT2D eigenvalue weighted by Crippen LogP contribution is -2.56. The average molecular weight is 1810 g/mol. The largest absolute Gasteiger partial charge is 0.371 e. The molecule has 6 spiro atoms. The monoisotopic (exact) mass is 1810 g/mol. The van der Waals surface area contributed by atoms with E-state index in [0.717, 1.165) is 19.6 Å². The molecule has 2 aromatic carbocycles. The van der Waals surface area contributed by atoms with Crippen molar-refractivity contribution in [1.82, 2.24) is 59.1 Å². The highest BCUT2D eigenvalue weighted by Gasteiger charge is 2.50. The van der Waals surface area contributed by atoms with Gasteiger partial charge in [-0.05, 0) is 507 Å². The topological polar surface area (TPSA) is 90.4 Å². The molecule has 12 aliphatic rings. The van der Waals surface area contributed by atoms with Crippen LogP contribution < -0.4 is 19.6 Å². The van der Waals surface area contributed by atoms with E-state index in [1.165, 1.54) is 332 Å². The number of hydrogen-bond acceptors (Lipinski definition) is 16. The van der Waals surface area contributed by atoms with E-state index < -0.39 is 0 Å². The molecule has 15 heterocycles. The number of nitrogens with zero attached hydrogens (tertiary/aromatic N) is 16. The number of rotatable bonds is 8. The van der Waals surface area contributed by atoms with Crippen molar-refractivity contribution in [1.29, 1.82) is 0 Å². The van der Waals surface area contributed by atoms with E-state index in [9.17, 15) is 8.78 Å². The Morgan fingerprint density at radius 2 is 0.515 bits per heavy atom. The van der Waals surface area contributed by atoms with Crippen LogP contribution in [-0.2, 0) is 12.1 Å². The van der Waals surface area contributed by atoms with Gasteiger partial charge in [0.25, 0.3) is 0 Å². The predicted molar refractivity (Wildman–Crippen MR) is 552 cm³/mol. The molecule has 132 heavy (non-hydrogen) atoms. The molecule has 6 aromatic rings. The van der Waals surface area contributed by atoms with Crippen molar-refractivity contribution in [3.8, 4) is 0 Å². The summed E-state index contributed by atoms with van der Waals surface area (Å²) in [6.45, 7) is 70.4. The molecule has 11 saturated heterocycles. The standard InChI is InChI=1S/C22H35FN2.C19H29FN2.C19H31N3.3C18H29N3/c1-20(2,3)25-16-14-21(15-17-25)10-12-22(13-11-21,24(4)5)18-6-8-19(23)9-7-18;1-18(2,3)22-14-10-19(11-15-22)8-12-21(13-9-19)17-6-4-16(20)5-7-17;1-18(2,3)22-14-8-19(9-15-22)6-12-21(13-7-19)16-17-4-10-20-11-5-17;1-17(2,3)21-13-5-9-18(15-21)8-4-12-20(14-18)16-6-10-19-11-7-16;1-17(2,3)21-12-4-7-18(15-21)8-13-20(14-9-18)16-5-10-19-11-6-16;1-17(2,3)21-13-8-18(9-14-21)7-4-12-20(15-18)16-5-10-19-11-6-16/h6-9H,10-17H2,1-5H3;4-7H,8-15H2,1-3H3;4-5,10-11H,6-9,12-16H2,1-3H3;6-7,10-11H,4-5,8-9,12-15H2,1-3H3;2*5-6,10-11H,4,7-9,12-15H2,1-3H3. The fourth-order valence-corrected chi connectivity index (χ4v) is 25.3. The number of pyridine rings is 4. The summed E-state index contributed by atoms with van der Waals surface area (Å²) in [6.07, 6.45) is 50.0. The SMILES string of the molecule is CC(C)(C)N1CCC2(CCCN(c3ccncc3)C2)CC1.CC(C)(C)N1CCC2(CCN(Cc3ccncc3)CC2)CC1.CC(C)(C)N1CCC2(CCN(c3ccc(F)cc3)CC2)CC1.CC(C)(C)N1CCCC2(CCCN(c3ccncc3)C2)C1.CC(C)(C)N1CCCC2(CCN(c3ccncc3)CC2)C1.CN(C)C1(c2ccc(F)cc2)CCC2(CCN(C(C)(C)C)CC2)CC1. The van der Waals surface area contributed by atoms with Crippen molar-refractivity contribution in [2.45, 2.75) is 337 Å². The predicted octanol–water partition coefficient (Wildman–Crippen LogP) is 23.6. The zero-order valence-electron chi connectivity index (χ0n) is 86.9. The molecule has 1 atom stereocenters. The quantitative estimate of drug-likeness (QED) is 0.145. The lowest BCUT2D eigenvalue weighted by molar-refractivity contribution is -0.0205. The van der Waals surface area contributed by atoms with Gasteiger partial charge in [-0.25, -0.2) is 8.78 Å². The molecule has 11 aliphatic heterocycles. The summed E-state index contributed by atoms with van der Waals surface area (Å²) in [4.78, 5) is 47.7. The Bertz CT molecular complexity index is 4340. The van der Waals surface area contributed by atoms with Crippen LogP contribution in [0.3, 0.4) is 0 Å². The van der Waals surface area contributed by atoms with Crippen molar-refractivity contribution in [3.05, 3.63) is 169 Å². The molecule has 0 N–H and O–H groups in total. The summed E-state index contributed by atoms with van der Waals surface area (Å²) in [6, 6.07) is 31.4. The minimum Gasteiger partial charge on any atom is -0.371 e. The van der Waals surface area contributed by atoms with Crippen molar-refractivity contribution in [2.75, 3.05) is 178 Å². The van der Waals surface area contributed by atoms with E-state index in [-0.39, 0.29) is 22.7 Å². The molecule has 0 bridgehead atoms.